The molecule has 1 saturated carbocycles. The second-order valence-corrected chi connectivity index (χ2v) is 11.1. The average molecular weight is 535 g/mol. The van der Waals surface area contributed by atoms with Crippen molar-refractivity contribution in [3.8, 4) is 0 Å². The molecule has 0 aromatic heterocycles. The molecule has 12 nitrogen and oxygen atoms in total. The van der Waals surface area contributed by atoms with Crippen molar-refractivity contribution < 1.29 is 58.7 Å². The van der Waals surface area contributed by atoms with Gasteiger partial charge in [0.1, 0.15) is 42.7 Å². The van der Waals surface area contributed by atoms with E-state index in [1.54, 1.807) is 6.92 Å². The maximum absolute atomic E-state index is 11.0. The number of ether oxygens (including phenoxy) is 7. The second-order valence-electron chi connectivity index (χ2n) is 11.1. The van der Waals surface area contributed by atoms with Crippen LogP contribution >= 0.6 is 0 Å². The minimum atomic E-state index is -1.42. The summed E-state index contributed by atoms with van der Waals surface area (Å²) >= 11 is 0. The molecule has 0 aromatic carbocycles. The average Bonchev–Trinajstić information content (AvgIpc) is 2.84. The largest absolute Gasteiger partial charge is 0.394 e. The Labute approximate surface area is 216 Å². The maximum Gasteiger partial charge on any atom is 0.187 e. The molecule has 6 unspecified atom stereocenters. The van der Waals surface area contributed by atoms with E-state index >= 15 is 0 Å². The molecule has 1 aliphatic carbocycles. The van der Waals surface area contributed by atoms with Crippen molar-refractivity contribution in [2.45, 2.75) is 132 Å². The van der Waals surface area contributed by atoms with Crippen LogP contribution in [0.25, 0.3) is 0 Å². The van der Waals surface area contributed by atoms with Crippen molar-refractivity contribution in [2.75, 3.05) is 19.8 Å². The summed E-state index contributed by atoms with van der Waals surface area (Å²) in [5.41, 5.74) is 0. The highest BCUT2D eigenvalue weighted by Gasteiger charge is 2.54. The summed E-state index contributed by atoms with van der Waals surface area (Å²) in [5.74, 6) is -0.731. The van der Waals surface area contributed by atoms with E-state index in [9.17, 15) is 25.5 Å². The molecule has 1 spiro atoms. The van der Waals surface area contributed by atoms with Crippen molar-refractivity contribution in [1.29, 1.82) is 0 Å². The van der Waals surface area contributed by atoms with Gasteiger partial charge in [-0.2, -0.15) is 0 Å². The third-order valence-corrected chi connectivity index (χ3v) is 8.49. The standard InChI is InChI=1S/C25H42O12/c1-12-5-3-6-14(20(12)36-23-19(30)18(29)16(27)13(2)33-23)34-24-22-21(17(28)15(11-26)35-24)37-25(8-10-32-25)7-4-9-31-22/h12-24,26-30H,3-11H2,1-2H3/t12-,13?,14-,15?,16-,17+,18?,19+,20?,21?,22?,23+,24-,25+/m1/s1. The Bertz CT molecular complexity index is 751. The Hall–Kier alpha value is -0.480. The van der Waals surface area contributed by atoms with Crippen LogP contribution in [0.1, 0.15) is 52.4 Å². The summed E-state index contributed by atoms with van der Waals surface area (Å²) in [5, 5.41) is 51.7. The van der Waals surface area contributed by atoms with Crippen LogP contribution in [0.5, 0.6) is 0 Å². The third kappa shape index (κ3) is 5.59. The van der Waals surface area contributed by atoms with E-state index in [4.69, 9.17) is 33.2 Å². The minimum Gasteiger partial charge on any atom is -0.394 e. The van der Waals surface area contributed by atoms with Crippen molar-refractivity contribution in [1.82, 2.24) is 0 Å². The van der Waals surface area contributed by atoms with E-state index < -0.39 is 86.0 Å². The van der Waals surface area contributed by atoms with Gasteiger partial charge in [-0.15, -0.1) is 0 Å². The SMILES string of the molecule is CC1O[C@@H](OC2[C@H](C)CCC[C@H]2O[C@@H]2OC(CO)[C@H](O)C3O[C@@]4(CCCOC32)CCO4)[C@@H](O)C(O)[C@@H]1O. The number of hydrogen-bond acceptors (Lipinski definition) is 12. The van der Waals surface area contributed by atoms with E-state index in [1.807, 2.05) is 6.92 Å². The zero-order valence-electron chi connectivity index (χ0n) is 21.5. The third-order valence-electron chi connectivity index (χ3n) is 8.49. The number of aliphatic hydroxyl groups is 5. The molecule has 0 bridgehead atoms. The molecule has 12 heteroatoms. The number of rotatable bonds is 5. The highest BCUT2D eigenvalue weighted by molar-refractivity contribution is 4.96. The van der Waals surface area contributed by atoms with Crippen LogP contribution in [0.4, 0.5) is 0 Å². The van der Waals surface area contributed by atoms with E-state index in [0.29, 0.717) is 32.5 Å². The molecule has 214 valence electrons. The molecule has 4 saturated heterocycles. The van der Waals surface area contributed by atoms with Crippen molar-refractivity contribution in [2.24, 2.45) is 5.92 Å². The second kappa shape index (κ2) is 11.6. The first kappa shape index (κ1) is 28.1. The van der Waals surface area contributed by atoms with Gasteiger partial charge in [0.25, 0.3) is 0 Å². The molecule has 0 aromatic rings. The lowest BCUT2D eigenvalue weighted by Gasteiger charge is -2.52. The van der Waals surface area contributed by atoms with Gasteiger partial charge in [0.2, 0.25) is 0 Å². The van der Waals surface area contributed by atoms with Gasteiger partial charge < -0.3 is 58.7 Å². The lowest BCUT2D eigenvalue weighted by molar-refractivity contribution is -0.399. The van der Waals surface area contributed by atoms with E-state index in [1.165, 1.54) is 0 Å². The zero-order chi connectivity index (χ0) is 26.3. The number of aliphatic hydroxyl groups excluding tert-OH is 5. The summed E-state index contributed by atoms with van der Waals surface area (Å²) in [7, 11) is 0. The highest BCUT2D eigenvalue weighted by atomic mass is 16.8. The first-order valence-corrected chi connectivity index (χ1v) is 13.6. The quantitative estimate of drug-likeness (QED) is 0.297. The molecule has 5 rings (SSSR count). The van der Waals surface area contributed by atoms with Crippen LogP contribution in [0.3, 0.4) is 0 Å². The Kier molecular flexibility index (Phi) is 8.77. The van der Waals surface area contributed by atoms with Crippen LogP contribution in [-0.4, -0.2) is 125 Å². The van der Waals surface area contributed by atoms with Crippen molar-refractivity contribution in [3.05, 3.63) is 0 Å². The predicted octanol–water partition coefficient (Wildman–Crippen LogP) is -0.837. The van der Waals surface area contributed by atoms with Crippen LogP contribution in [0.2, 0.25) is 0 Å². The Morgan fingerprint density at radius 2 is 1.59 bits per heavy atom. The van der Waals surface area contributed by atoms with Crippen molar-refractivity contribution >= 4 is 0 Å². The lowest BCUT2D eigenvalue weighted by atomic mass is 9.85. The molecule has 5 N–H and O–H groups in total. The molecule has 5 aliphatic rings. The Morgan fingerprint density at radius 3 is 2.30 bits per heavy atom. The smallest absolute Gasteiger partial charge is 0.187 e. The molecule has 4 heterocycles. The van der Waals surface area contributed by atoms with Crippen LogP contribution in [0, 0.1) is 5.92 Å². The monoisotopic (exact) mass is 534 g/mol. The van der Waals surface area contributed by atoms with Crippen LogP contribution < -0.4 is 0 Å². The fourth-order valence-corrected chi connectivity index (χ4v) is 6.11. The van der Waals surface area contributed by atoms with Gasteiger partial charge >= 0.3 is 0 Å². The highest BCUT2D eigenvalue weighted by Crippen LogP contribution is 2.41. The van der Waals surface area contributed by atoms with E-state index in [-0.39, 0.29) is 5.92 Å². The number of hydrogen-bond donors (Lipinski definition) is 5. The van der Waals surface area contributed by atoms with Gasteiger partial charge in [-0.05, 0) is 32.1 Å². The zero-order valence-corrected chi connectivity index (χ0v) is 21.5. The fourth-order valence-electron chi connectivity index (χ4n) is 6.11. The summed E-state index contributed by atoms with van der Waals surface area (Å²) in [4.78, 5) is 0. The van der Waals surface area contributed by atoms with Gasteiger partial charge in [0, 0.05) is 19.4 Å². The molecule has 4 aliphatic heterocycles. The van der Waals surface area contributed by atoms with E-state index in [2.05, 4.69) is 0 Å². The van der Waals surface area contributed by atoms with Gasteiger partial charge in [0.05, 0.1) is 31.5 Å². The molecular formula is C25H42O12. The lowest BCUT2D eigenvalue weighted by Crippen LogP contribution is -2.66. The van der Waals surface area contributed by atoms with Gasteiger partial charge in [0.15, 0.2) is 18.4 Å². The normalized spacial score (nSPS) is 53.1. The maximum atomic E-state index is 11.0. The summed E-state index contributed by atoms with van der Waals surface area (Å²) < 4.78 is 42.5. The van der Waals surface area contributed by atoms with Crippen LogP contribution in [-0.2, 0) is 33.2 Å². The molecular weight excluding hydrogens is 492 g/mol. The first-order chi connectivity index (χ1) is 17.7. The fraction of sp³-hybridized carbons (Fsp3) is 1.00. The molecule has 14 atom stereocenters. The minimum absolute atomic E-state index is 0.0358. The van der Waals surface area contributed by atoms with Gasteiger partial charge in [-0.3, -0.25) is 0 Å². The van der Waals surface area contributed by atoms with Crippen LogP contribution in [0.15, 0.2) is 0 Å². The summed E-state index contributed by atoms with van der Waals surface area (Å²) in [6.45, 7) is 4.20. The van der Waals surface area contributed by atoms with E-state index in [0.717, 1.165) is 19.3 Å². The molecule has 37 heavy (non-hydrogen) atoms. The summed E-state index contributed by atoms with van der Waals surface area (Å²) in [6.07, 6.45) is -7.06. The summed E-state index contributed by atoms with van der Waals surface area (Å²) in [6, 6.07) is 0. The molecule has 5 fully saturated rings. The first-order valence-electron chi connectivity index (χ1n) is 13.6. The van der Waals surface area contributed by atoms with Crippen molar-refractivity contribution in [3.63, 3.8) is 0 Å². The number of fused-ring (bicyclic) bond motifs is 1. The van der Waals surface area contributed by atoms with Gasteiger partial charge in [-0.25, -0.2) is 0 Å². The molecule has 0 radical (unpaired) electrons. The Morgan fingerprint density at radius 1 is 0.811 bits per heavy atom. The van der Waals surface area contributed by atoms with Gasteiger partial charge in [-0.1, -0.05) is 13.3 Å². The molecule has 0 amide bonds. The Balaban J connectivity index is 1.33. The predicted molar refractivity (Wildman–Crippen MR) is 124 cm³/mol. The topological polar surface area (TPSA) is 166 Å².